The molecule has 0 saturated carbocycles. The van der Waals surface area contributed by atoms with E-state index in [2.05, 4.69) is 57.4 Å². The lowest BCUT2D eigenvalue weighted by atomic mass is 10.1. The zero-order valence-electron chi connectivity index (χ0n) is 11.2. The number of rotatable bonds is 5. The summed E-state index contributed by atoms with van der Waals surface area (Å²) in [5, 5.41) is 0. The van der Waals surface area contributed by atoms with Gasteiger partial charge in [-0.25, -0.2) is 0 Å². The fourth-order valence-corrected chi connectivity index (χ4v) is 8.36. The first-order valence-electron chi connectivity index (χ1n) is 6.12. The Labute approximate surface area is 103 Å². The number of benzene rings is 1. The first-order valence-corrected chi connectivity index (χ1v) is 12.0. The van der Waals surface area contributed by atoms with Crippen LogP contribution in [0.15, 0.2) is 24.3 Å². The molecule has 0 amide bonds. The van der Waals surface area contributed by atoms with E-state index in [1.54, 1.807) is 0 Å². The molecular weight excluding hydrogens is 228 g/mol. The predicted molar refractivity (Wildman–Crippen MR) is 77.1 cm³/mol. The summed E-state index contributed by atoms with van der Waals surface area (Å²) in [6.45, 7) is 11.3. The smallest absolute Gasteiger partial charge is 0.173 e. The Morgan fingerprint density at radius 2 is 1.69 bits per heavy atom. The Morgan fingerprint density at radius 1 is 1.12 bits per heavy atom. The van der Waals surface area contributed by atoms with Crippen LogP contribution in [0.25, 0.3) is 0 Å². The molecule has 0 heterocycles. The summed E-state index contributed by atoms with van der Waals surface area (Å²) >= 11 is 0. The highest BCUT2D eigenvalue weighted by atomic mass is 28.4. The van der Waals surface area contributed by atoms with Crippen LogP contribution >= 0.6 is 0 Å². The van der Waals surface area contributed by atoms with Gasteiger partial charge < -0.3 is 4.12 Å². The highest BCUT2D eigenvalue weighted by Gasteiger charge is 2.22. The Kier molecular flexibility index (Phi) is 4.96. The molecule has 0 N–H and O–H groups in total. The largest absolute Gasteiger partial charge is 0.458 e. The lowest BCUT2D eigenvalue weighted by molar-refractivity contribution is 0.569. The average Bonchev–Trinajstić information content (AvgIpc) is 2.15. The van der Waals surface area contributed by atoms with Gasteiger partial charge in [0, 0.05) is 0 Å². The third-order valence-electron chi connectivity index (χ3n) is 2.69. The van der Waals surface area contributed by atoms with Gasteiger partial charge in [-0.05, 0) is 51.1 Å². The van der Waals surface area contributed by atoms with Gasteiger partial charge in [0.2, 0.25) is 0 Å². The van der Waals surface area contributed by atoms with E-state index < -0.39 is 17.4 Å². The summed E-state index contributed by atoms with van der Waals surface area (Å²) in [6, 6.07) is 10.1. The zero-order chi connectivity index (χ0) is 12.2. The van der Waals surface area contributed by atoms with Gasteiger partial charge in [-0.3, -0.25) is 0 Å². The van der Waals surface area contributed by atoms with E-state index in [4.69, 9.17) is 4.12 Å². The van der Waals surface area contributed by atoms with E-state index in [9.17, 15) is 0 Å². The quantitative estimate of drug-likeness (QED) is 0.725. The maximum Gasteiger partial charge on any atom is 0.173 e. The fourth-order valence-electron chi connectivity index (χ4n) is 1.90. The van der Waals surface area contributed by atoms with Crippen molar-refractivity contribution in [3.05, 3.63) is 35.4 Å². The maximum absolute atomic E-state index is 6.16. The Bertz CT molecular complexity index is 317. The highest BCUT2D eigenvalue weighted by molar-refractivity contribution is 6.77. The van der Waals surface area contributed by atoms with Crippen LogP contribution in [-0.4, -0.2) is 17.4 Å². The summed E-state index contributed by atoms with van der Waals surface area (Å²) in [7, 11) is -2.27. The minimum atomic E-state index is -1.40. The molecule has 0 unspecified atom stereocenters. The zero-order valence-corrected chi connectivity index (χ0v) is 13.4. The Hall–Kier alpha value is -0.386. The molecule has 1 aromatic carbocycles. The third kappa shape index (κ3) is 5.10. The van der Waals surface area contributed by atoms with Gasteiger partial charge in [0.05, 0.1) is 0 Å². The van der Waals surface area contributed by atoms with Crippen LogP contribution < -0.4 is 0 Å². The van der Waals surface area contributed by atoms with Crippen molar-refractivity contribution in [2.24, 2.45) is 0 Å². The van der Waals surface area contributed by atoms with Crippen molar-refractivity contribution in [3.8, 4) is 0 Å². The minimum absolute atomic E-state index is 0.867. The van der Waals surface area contributed by atoms with Gasteiger partial charge >= 0.3 is 0 Å². The molecule has 0 fully saturated rings. The van der Waals surface area contributed by atoms with E-state index in [0.29, 0.717) is 0 Å². The van der Waals surface area contributed by atoms with Crippen LogP contribution in [0.5, 0.6) is 0 Å². The van der Waals surface area contributed by atoms with Crippen molar-refractivity contribution >= 4 is 17.4 Å². The highest BCUT2D eigenvalue weighted by Crippen LogP contribution is 2.17. The molecule has 90 valence electrons. The third-order valence-corrected chi connectivity index (χ3v) is 8.58. The first kappa shape index (κ1) is 13.7. The van der Waals surface area contributed by atoms with Crippen molar-refractivity contribution in [2.45, 2.75) is 45.6 Å². The Morgan fingerprint density at radius 3 is 2.19 bits per heavy atom. The molecule has 0 bridgehead atoms. The molecular formula is C13H24OSi2. The molecule has 1 nitrogen and oxygen atoms in total. The standard InChI is InChI=1S/C13H24OSi2/c1-12-6-8-13(9-7-12)10-11-16(4,5)14-15(2)3/h6-9,15H,10-11H2,1-5H3. The van der Waals surface area contributed by atoms with Gasteiger partial charge in [-0.15, -0.1) is 0 Å². The van der Waals surface area contributed by atoms with Gasteiger partial charge in [-0.2, -0.15) is 0 Å². The molecule has 0 radical (unpaired) electrons. The molecule has 0 aliphatic carbocycles. The topological polar surface area (TPSA) is 9.23 Å². The van der Waals surface area contributed by atoms with Gasteiger partial charge in [0.25, 0.3) is 0 Å². The summed E-state index contributed by atoms with van der Waals surface area (Å²) in [5.41, 5.74) is 2.78. The van der Waals surface area contributed by atoms with E-state index in [1.165, 1.54) is 23.6 Å². The SMILES string of the molecule is Cc1ccc(CC[Si](C)(C)O[SiH](C)C)cc1. The fraction of sp³-hybridized carbons (Fsp3) is 0.538. The lowest BCUT2D eigenvalue weighted by Crippen LogP contribution is -2.35. The van der Waals surface area contributed by atoms with Crippen molar-refractivity contribution in [1.29, 1.82) is 0 Å². The van der Waals surface area contributed by atoms with E-state index in [1.807, 2.05) is 0 Å². The van der Waals surface area contributed by atoms with Crippen LogP contribution in [0.3, 0.4) is 0 Å². The molecule has 0 spiro atoms. The maximum atomic E-state index is 6.16. The summed E-state index contributed by atoms with van der Waals surface area (Å²) in [4.78, 5) is 0. The van der Waals surface area contributed by atoms with Gasteiger partial charge in [0.15, 0.2) is 17.4 Å². The minimum Gasteiger partial charge on any atom is -0.458 e. The molecule has 1 aromatic rings. The molecule has 0 atom stereocenters. The molecule has 1 rings (SSSR count). The monoisotopic (exact) mass is 252 g/mol. The lowest BCUT2D eigenvalue weighted by Gasteiger charge is -2.25. The summed E-state index contributed by atoms with van der Waals surface area (Å²) in [5.74, 6) is 0. The first-order chi connectivity index (χ1) is 7.39. The van der Waals surface area contributed by atoms with Crippen molar-refractivity contribution in [1.82, 2.24) is 0 Å². The molecule has 0 aliphatic rings. The normalized spacial score (nSPS) is 12.1. The van der Waals surface area contributed by atoms with E-state index in [0.717, 1.165) is 0 Å². The molecule has 0 aliphatic heterocycles. The van der Waals surface area contributed by atoms with Crippen LogP contribution in [0, 0.1) is 6.92 Å². The number of hydrogen-bond donors (Lipinski definition) is 0. The predicted octanol–water partition coefficient (Wildman–Crippen LogP) is 3.74. The van der Waals surface area contributed by atoms with Gasteiger partial charge in [0.1, 0.15) is 0 Å². The molecule has 3 heteroatoms. The van der Waals surface area contributed by atoms with Crippen molar-refractivity contribution in [2.75, 3.05) is 0 Å². The van der Waals surface area contributed by atoms with Gasteiger partial charge in [-0.1, -0.05) is 29.8 Å². The van der Waals surface area contributed by atoms with Crippen LogP contribution in [-0.2, 0) is 10.5 Å². The van der Waals surface area contributed by atoms with Crippen molar-refractivity contribution < 1.29 is 4.12 Å². The summed E-state index contributed by atoms with van der Waals surface area (Å²) in [6.07, 6.45) is 1.17. The molecule has 0 saturated heterocycles. The van der Waals surface area contributed by atoms with Crippen LogP contribution in [0.2, 0.25) is 32.2 Å². The Balaban J connectivity index is 2.47. The second kappa shape index (κ2) is 5.80. The molecule has 16 heavy (non-hydrogen) atoms. The van der Waals surface area contributed by atoms with E-state index >= 15 is 0 Å². The van der Waals surface area contributed by atoms with E-state index in [-0.39, 0.29) is 0 Å². The van der Waals surface area contributed by atoms with Crippen LogP contribution in [0.1, 0.15) is 11.1 Å². The molecule has 0 aromatic heterocycles. The second-order valence-electron chi connectivity index (χ2n) is 5.41. The number of hydrogen-bond acceptors (Lipinski definition) is 1. The summed E-state index contributed by atoms with van der Waals surface area (Å²) < 4.78 is 6.16. The second-order valence-corrected chi connectivity index (χ2v) is 12.5. The average molecular weight is 253 g/mol. The van der Waals surface area contributed by atoms with Crippen LogP contribution in [0.4, 0.5) is 0 Å². The van der Waals surface area contributed by atoms with Crippen molar-refractivity contribution in [3.63, 3.8) is 0 Å². The number of aryl methyl sites for hydroxylation is 2.